The maximum absolute atomic E-state index is 5.47. The van der Waals surface area contributed by atoms with Gasteiger partial charge >= 0.3 is 0 Å². The molecule has 0 bridgehead atoms. The van der Waals surface area contributed by atoms with Crippen LogP contribution in [0.3, 0.4) is 0 Å². The Morgan fingerprint density at radius 1 is 1.41 bits per heavy atom. The molecule has 22 heavy (non-hydrogen) atoms. The fraction of sp³-hybridized carbons (Fsp3) is 0.824. The third kappa shape index (κ3) is 6.36. The minimum absolute atomic E-state index is 0.516. The van der Waals surface area contributed by atoms with Gasteiger partial charge in [0.05, 0.1) is 13.2 Å². The van der Waals surface area contributed by atoms with Crippen LogP contribution in [-0.4, -0.2) is 75.3 Å². The Balaban J connectivity index is 2.48. The molecule has 1 fully saturated rings. The Morgan fingerprint density at radius 3 is 2.64 bits per heavy atom. The van der Waals surface area contributed by atoms with Crippen LogP contribution in [0.2, 0.25) is 0 Å². The van der Waals surface area contributed by atoms with Gasteiger partial charge in [0.25, 0.3) is 0 Å². The molecule has 0 amide bonds. The van der Waals surface area contributed by atoms with Crippen molar-refractivity contribution in [3.63, 3.8) is 0 Å². The molecule has 1 atom stereocenters. The molecule has 1 rings (SSSR count). The van der Waals surface area contributed by atoms with E-state index in [1.807, 2.05) is 13.1 Å². The molecule has 1 saturated heterocycles. The number of nitrogens with zero attached hydrogens (tertiary/aromatic N) is 3. The van der Waals surface area contributed by atoms with E-state index in [1.165, 1.54) is 0 Å². The zero-order valence-electron chi connectivity index (χ0n) is 14.8. The summed E-state index contributed by atoms with van der Waals surface area (Å²) >= 11 is 0. The Bertz CT molecular complexity index is 338. The first-order valence-corrected chi connectivity index (χ1v) is 8.44. The van der Waals surface area contributed by atoms with Crippen LogP contribution in [0.25, 0.3) is 0 Å². The maximum atomic E-state index is 5.47. The van der Waals surface area contributed by atoms with Crippen molar-refractivity contribution in [2.45, 2.75) is 32.7 Å². The summed E-state index contributed by atoms with van der Waals surface area (Å²) in [6, 6.07) is 0.516. The molecule has 1 N–H and O–H groups in total. The minimum atomic E-state index is 0.516. The van der Waals surface area contributed by atoms with Crippen molar-refractivity contribution in [1.29, 1.82) is 0 Å². The first-order valence-electron chi connectivity index (χ1n) is 8.44. The highest BCUT2D eigenvalue weighted by atomic mass is 16.5. The van der Waals surface area contributed by atoms with Gasteiger partial charge in [-0.15, -0.1) is 6.58 Å². The van der Waals surface area contributed by atoms with Gasteiger partial charge < -0.3 is 15.0 Å². The lowest BCUT2D eigenvalue weighted by molar-refractivity contribution is 0.00742. The Hall–Kier alpha value is -1.07. The predicted octanol–water partition coefficient (Wildman–Crippen LogP) is 1.82. The number of ether oxygens (including phenoxy) is 1. The smallest absolute Gasteiger partial charge is 0.193 e. The average molecular weight is 310 g/mol. The Labute approximate surface area is 136 Å². The SMILES string of the molecule is C=CCCCN(C)C(=NC)NCC(C(C)C)N1CCOCC1. The molecule has 0 saturated carbocycles. The molecule has 0 aromatic heterocycles. The summed E-state index contributed by atoms with van der Waals surface area (Å²) in [5.74, 6) is 1.58. The molecule has 5 heteroatoms. The fourth-order valence-electron chi connectivity index (χ4n) is 2.85. The standard InChI is InChI=1S/C17H34N4O/c1-6-7-8-9-20(5)17(18-4)19-14-16(15(2)3)21-10-12-22-13-11-21/h6,15-16H,1,7-14H2,2-5H3,(H,18,19). The lowest BCUT2D eigenvalue weighted by atomic mass is 10.0. The van der Waals surface area contributed by atoms with Gasteiger partial charge in [0.2, 0.25) is 0 Å². The van der Waals surface area contributed by atoms with Gasteiger partial charge in [-0.1, -0.05) is 19.9 Å². The van der Waals surface area contributed by atoms with Crippen molar-refractivity contribution in [3.8, 4) is 0 Å². The number of aliphatic imine (C=N–C) groups is 1. The number of nitrogens with one attached hydrogen (secondary N) is 1. The Morgan fingerprint density at radius 2 is 2.09 bits per heavy atom. The van der Waals surface area contributed by atoms with Crippen molar-refractivity contribution in [2.75, 3.05) is 53.5 Å². The normalized spacial score (nSPS) is 18.3. The summed E-state index contributed by atoms with van der Waals surface area (Å²) in [4.78, 5) is 9.13. The van der Waals surface area contributed by atoms with E-state index in [1.54, 1.807) is 0 Å². The van der Waals surface area contributed by atoms with E-state index in [2.05, 4.69) is 47.6 Å². The topological polar surface area (TPSA) is 40.1 Å². The lowest BCUT2D eigenvalue weighted by Crippen LogP contribution is -2.52. The molecule has 0 radical (unpaired) electrons. The second-order valence-electron chi connectivity index (χ2n) is 6.24. The van der Waals surface area contributed by atoms with Gasteiger partial charge in [-0.2, -0.15) is 0 Å². The highest BCUT2D eigenvalue weighted by Crippen LogP contribution is 2.12. The summed E-state index contributed by atoms with van der Waals surface area (Å²) in [5, 5.41) is 3.54. The number of hydrogen-bond donors (Lipinski definition) is 1. The minimum Gasteiger partial charge on any atom is -0.379 e. The summed E-state index contributed by atoms with van der Waals surface area (Å²) in [6.45, 7) is 14.0. The number of guanidine groups is 1. The van der Waals surface area contributed by atoms with E-state index in [9.17, 15) is 0 Å². The van der Waals surface area contributed by atoms with Crippen LogP contribution >= 0.6 is 0 Å². The lowest BCUT2D eigenvalue weighted by Gasteiger charge is -2.37. The van der Waals surface area contributed by atoms with Crippen LogP contribution in [0.5, 0.6) is 0 Å². The van der Waals surface area contributed by atoms with Crippen LogP contribution in [-0.2, 0) is 4.74 Å². The number of unbranched alkanes of at least 4 members (excludes halogenated alkanes) is 1. The maximum Gasteiger partial charge on any atom is 0.193 e. The zero-order valence-corrected chi connectivity index (χ0v) is 14.8. The monoisotopic (exact) mass is 310 g/mol. The van der Waals surface area contributed by atoms with Gasteiger partial charge in [0, 0.05) is 46.3 Å². The molecule has 5 nitrogen and oxygen atoms in total. The van der Waals surface area contributed by atoms with Crippen molar-refractivity contribution in [3.05, 3.63) is 12.7 Å². The van der Waals surface area contributed by atoms with Gasteiger partial charge in [-0.3, -0.25) is 9.89 Å². The average Bonchev–Trinajstić information content (AvgIpc) is 2.52. The molecule has 1 heterocycles. The van der Waals surface area contributed by atoms with Crippen LogP contribution in [0, 0.1) is 5.92 Å². The number of hydrogen-bond acceptors (Lipinski definition) is 3. The molecular formula is C17H34N4O. The number of morpholine rings is 1. The third-order valence-electron chi connectivity index (χ3n) is 4.23. The first-order chi connectivity index (χ1) is 10.6. The second-order valence-corrected chi connectivity index (χ2v) is 6.24. The predicted molar refractivity (Wildman–Crippen MR) is 94.4 cm³/mol. The molecule has 0 aliphatic carbocycles. The Kier molecular flexibility index (Phi) is 9.16. The number of allylic oxidation sites excluding steroid dienone is 1. The molecule has 1 aliphatic rings. The molecular weight excluding hydrogens is 276 g/mol. The van der Waals surface area contributed by atoms with Gasteiger partial charge in [-0.05, 0) is 18.8 Å². The number of rotatable bonds is 8. The van der Waals surface area contributed by atoms with E-state index in [0.29, 0.717) is 12.0 Å². The zero-order chi connectivity index (χ0) is 16.4. The summed E-state index contributed by atoms with van der Waals surface area (Å²) < 4.78 is 5.47. The largest absolute Gasteiger partial charge is 0.379 e. The fourth-order valence-corrected chi connectivity index (χ4v) is 2.85. The van der Waals surface area contributed by atoms with E-state index >= 15 is 0 Å². The van der Waals surface area contributed by atoms with Crippen LogP contribution in [0.15, 0.2) is 17.6 Å². The van der Waals surface area contributed by atoms with Gasteiger partial charge in [0.15, 0.2) is 5.96 Å². The van der Waals surface area contributed by atoms with Crippen molar-refractivity contribution in [1.82, 2.24) is 15.1 Å². The quantitative estimate of drug-likeness (QED) is 0.321. The highest BCUT2D eigenvalue weighted by molar-refractivity contribution is 5.79. The first kappa shape index (κ1) is 19.0. The molecule has 0 aromatic rings. The van der Waals surface area contributed by atoms with Crippen LogP contribution < -0.4 is 5.32 Å². The molecule has 1 aliphatic heterocycles. The highest BCUT2D eigenvalue weighted by Gasteiger charge is 2.24. The third-order valence-corrected chi connectivity index (χ3v) is 4.23. The molecule has 0 spiro atoms. The van der Waals surface area contributed by atoms with Crippen molar-refractivity contribution < 1.29 is 4.74 Å². The van der Waals surface area contributed by atoms with E-state index in [-0.39, 0.29) is 0 Å². The summed E-state index contributed by atoms with van der Waals surface area (Å²) in [7, 11) is 3.95. The van der Waals surface area contributed by atoms with Gasteiger partial charge in [0.1, 0.15) is 0 Å². The molecule has 1 unspecified atom stereocenters. The second kappa shape index (κ2) is 10.6. The van der Waals surface area contributed by atoms with Crippen LogP contribution in [0.1, 0.15) is 26.7 Å². The van der Waals surface area contributed by atoms with E-state index < -0.39 is 0 Å². The van der Waals surface area contributed by atoms with E-state index in [4.69, 9.17) is 4.74 Å². The molecule has 128 valence electrons. The molecule has 0 aromatic carbocycles. The van der Waals surface area contributed by atoms with Crippen molar-refractivity contribution >= 4 is 5.96 Å². The summed E-state index contributed by atoms with van der Waals surface area (Å²) in [5.41, 5.74) is 0. The van der Waals surface area contributed by atoms with Gasteiger partial charge in [-0.25, -0.2) is 0 Å². The van der Waals surface area contributed by atoms with Crippen molar-refractivity contribution in [2.24, 2.45) is 10.9 Å². The summed E-state index contributed by atoms with van der Waals surface area (Å²) in [6.07, 6.45) is 4.12. The van der Waals surface area contributed by atoms with Crippen LogP contribution in [0.4, 0.5) is 0 Å². The van der Waals surface area contributed by atoms with E-state index in [0.717, 1.165) is 58.2 Å².